The molecule has 1 aromatic carbocycles. The van der Waals surface area contributed by atoms with Crippen molar-refractivity contribution in [3.05, 3.63) is 41.3 Å². The zero-order valence-electron chi connectivity index (χ0n) is 8.63. The molecule has 0 saturated heterocycles. The Bertz CT molecular complexity index is 621. The Morgan fingerprint density at radius 2 is 2.06 bits per heavy atom. The molecule has 0 aliphatic heterocycles. The lowest BCUT2D eigenvalue weighted by atomic mass is 10.3. The summed E-state index contributed by atoms with van der Waals surface area (Å²) >= 11 is 3.44. The molecule has 0 unspecified atom stereocenters. The molecule has 0 radical (unpaired) electrons. The summed E-state index contributed by atoms with van der Waals surface area (Å²) in [6.45, 7) is 0. The van der Waals surface area contributed by atoms with Crippen LogP contribution in [-0.4, -0.2) is 26.6 Å². The third-order valence-corrected chi connectivity index (χ3v) is 2.68. The lowest BCUT2D eigenvalue weighted by molar-refractivity contribution is 0.399. The molecule has 2 aromatic heterocycles. The van der Waals surface area contributed by atoms with E-state index in [2.05, 4.69) is 25.9 Å². The molecule has 5 heteroatoms. The minimum absolute atomic E-state index is 0.871. The van der Waals surface area contributed by atoms with E-state index in [4.69, 9.17) is 5.11 Å². The molecule has 3 aromatic rings. The van der Waals surface area contributed by atoms with Gasteiger partial charge in [0.25, 0.3) is 0 Å². The number of halogens is 1. The van der Waals surface area contributed by atoms with Crippen molar-refractivity contribution in [1.82, 2.24) is 14.4 Å². The van der Waals surface area contributed by atoms with Crippen LogP contribution in [0.5, 0.6) is 0 Å². The van der Waals surface area contributed by atoms with Crippen LogP contribution in [0.3, 0.4) is 0 Å². The standard InChI is InChI=1S/C10H6BrN3.CH4O/c11-7-1-2-8-9(5-7)14-4-3-12-10(14)6-13-8;1-2/h1-6H;2H,1H3. The van der Waals surface area contributed by atoms with E-state index in [-0.39, 0.29) is 0 Å². The first-order valence-corrected chi connectivity index (χ1v) is 5.46. The summed E-state index contributed by atoms with van der Waals surface area (Å²) in [4.78, 5) is 8.50. The number of aliphatic hydroxyl groups is 1. The predicted octanol–water partition coefficient (Wildman–Crippen LogP) is 2.25. The Balaban J connectivity index is 0.000000457. The van der Waals surface area contributed by atoms with E-state index in [1.54, 1.807) is 12.4 Å². The molecule has 82 valence electrons. The maximum absolute atomic E-state index is 7.00. The van der Waals surface area contributed by atoms with Crippen LogP contribution >= 0.6 is 15.9 Å². The number of benzene rings is 1. The second-order valence-corrected chi connectivity index (χ2v) is 3.96. The van der Waals surface area contributed by atoms with E-state index in [9.17, 15) is 0 Å². The highest BCUT2D eigenvalue weighted by molar-refractivity contribution is 9.10. The third-order valence-electron chi connectivity index (χ3n) is 2.19. The predicted molar refractivity (Wildman–Crippen MR) is 66.3 cm³/mol. The number of imidazole rings is 1. The van der Waals surface area contributed by atoms with Gasteiger partial charge in [-0.2, -0.15) is 0 Å². The first-order valence-electron chi connectivity index (χ1n) is 4.67. The van der Waals surface area contributed by atoms with Crippen LogP contribution in [0.2, 0.25) is 0 Å². The van der Waals surface area contributed by atoms with E-state index in [1.807, 2.05) is 28.8 Å². The lowest BCUT2D eigenvalue weighted by Crippen LogP contribution is -1.89. The van der Waals surface area contributed by atoms with Crippen molar-refractivity contribution < 1.29 is 5.11 Å². The summed E-state index contributed by atoms with van der Waals surface area (Å²) < 4.78 is 3.07. The van der Waals surface area contributed by atoms with Crippen molar-refractivity contribution in [2.45, 2.75) is 0 Å². The van der Waals surface area contributed by atoms with Gasteiger partial charge in [-0.1, -0.05) is 15.9 Å². The first-order chi connectivity index (χ1) is 7.84. The van der Waals surface area contributed by atoms with Crippen LogP contribution < -0.4 is 0 Å². The van der Waals surface area contributed by atoms with Gasteiger partial charge in [0.1, 0.15) is 0 Å². The number of nitrogens with zero attached hydrogens (tertiary/aromatic N) is 3. The van der Waals surface area contributed by atoms with Gasteiger partial charge >= 0.3 is 0 Å². The third kappa shape index (κ3) is 1.79. The summed E-state index contributed by atoms with van der Waals surface area (Å²) in [7, 11) is 1.00. The Hall–Kier alpha value is -1.46. The highest BCUT2D eigenvalue weighted by Crippen LogP contribution is 2.18. The minimum atomic E-state index is 0.871. The van der Waals surface area contributed by atoms with E-state index < -0.39 is 0 Å². The molecule has 3 rings (SSSR count). The van der Waals surface area contributed by atoms with Gasteiger partial charge in [0.2, 0.25) is 0 Å². The molecule has 0 aliphatic carbocycles. The Morgan fingerprint density at radius 3 is 2.88 bits per heavy atom. The van der Waals surface area contributed by atoms with E-state index >= 15 is 0 Å². The van der Waals surface area contributed by atoms with Gasteiger partial charge in [0.05, 0.1) is 17.2 Å². The molecule has 0 aliphatic rings. The van der Waals surface area contributed by atoms with Crippen molar-refractivity contribution in [3.63, 3.8) is 0 Å². The minimum Gasteiger partial charge on any atom is -0.400 e. The van der Waals surface area contributed by atoms with Crippen molar-refractivity contribution in [3.8, 4) is 0 Å². The molecular formula is C11H10BrN3O. The molecule has 16 heavy (non-hydrogen) atoms. The number of rotatable bonds is 0. The molecule has 0 spiro atoms. The zero-order valence-corrected chi connectivity index (χ0v) is 10.2. The van der Waals surface area contributed by atoms with Crippen molar-refractivity contribution in [2.24, 2.45) is 0 Å². The van der Waals surface area contributed by atoms with E-state index in [1.165, 1.54) is 0 Å². The van der Waals surface area contributed by atoms with Gasteiger partial charge in [-0.25, -0.2) is 4.98 Å². The second kappa shape index (κ2) is 4.59. The molecule has 2 heterocycles. The fraction of sp³-hybridized carbons (Fsp3) is 0.0909. The fourth-order valence-electron chi connectivity index (χ4n) is 1.54. The van der Waals surface area contributed by atoms with Gasteiger partial charge in [0, 0.05) is 24.0 Å². The SMILES string of the molecule is Brc1ccc2ncc3nccn3c2c1.CO. The second-order valence-electron chi connectivity index (χ2n) is 3.05. The van der Waals surface area contributed by atoms with Gasteiger partial charge in [-0.15, -0.1) is 0 Å². The smallest absolute Gasteiger partial charge is 0.155 e. The molecule has 0 amide bonds. The molecule has 0 fully saturated rings. The lowest BCUT2D eigenvalue weighted by Gasteiger charge is -2.00. The van der Waals surface area contributed by atoms with Gasteiger partial charge in [-0.05, 0) is 18.2 Å². The van der Waals surface area contributed by atoms with Gasteiger partial charge in [0.15, 0.2) is 5.65 Å². The molecule has 4 nitrogen and oxygen atoms in total. The highest BCUT2D eigenvalue weighted by Gasteiger charge is 2.01. The number of aliphatic hydroxyl groups excluding tert-OH is 1. The number of hydrogen-bond donors (Lipinski definition) is 1. The fourth-order valence-corrected chi connectivity index (χ4v) is 1.89. The average Bonchev–Trinajstić information content (AvgIpc) is 2.80. The number of aromatic nitrogens is 3. The summed E-state index contributed by atoms with van der Waals surface area (Å²) in [5.74, 6) is 0. The molecular weight excluding hydrogens is 270 g/mol. The molecule has 1 N–H and O–H groups in total. The zero-order chi connectivity index (χ0) is 11.5. The Kier molecular flexibility index (Phi) is 3.17. The van der Waals surface area contributed by atoms with Crippen LogP contribution in [0.1, 0.15) is 0 Å². The Labute approximate surface area is 101 Å². The summed E-state index contributed by atoms with van der Waals surface area (Å²) in [5, 5.41) is 7.00. The van der Waals surface area contributed by atoms with Crippen molar-refractivity contribution in [1.29, 1.82) is 0 Å². The molecule has 0 bridgehead atoms. The van der Waals surface area contributed by atoms with Gasteiger partial charge < -0.3 is 5.11 Å². The first kappa shape index (κ1) is 11.0. The number of hydrogen-bond acceptors (Lipinski definition) is 3. The number of fused-ring (bicyclic) bond motifs is 3. The molecule has 0 saturated carbocycles. The van der Waals surface area contributed by atoms with E-state index in [0.717, 1.165) is 28.3 Å². The van der Waals surface area contributed by atoms with Crippen LogP contribution in [0.25, 0.3) is 16.7 Å². The van der Waals surface area contributed by atoms with Crippen LogP contribution in [0.15, 0.2) is 41.3 Å². The summed E-state index contributed by atoms with van der Waals surface area (Å²) in [6.07, 6.45) is 5.49. The van der Waals surface area contributed by atoms with Crippen LogP contribution in [0, 0.1) is 0 Å². The van der Waals surface area contributed by atoms with Crippen molar-refractivity contribution >= 4 is 32.6 Å². The van der Waals surface area contributed by atoms with Crippen molar-refractivity contribution in [2.75, 3.05) is 7.11 Å². The summed E-state index contributed by atoms with van der Waals surface area (Å²) in [6, 6.07) is 6.01. The average molecular weight is 280 g/mol. The van der Waals surface area contributed by atoms with Crippen LogP contribution in [0.4, 0.5) is 0 Å². The summed E-state index contributed by atoms with van der Waals surface area (Å²) in [5.41, 5.74) is 2.91. The molecule has 0 atom stereocenters. The highest BCUT2D eigenvalue weighted by atomic mass is 79.9. The maximum atomic E-state index is 7.00. The van der Waals surface area contributed by atoms with Gasteiger partial charge in [-0.3, -0.25) is 9.38 Å². The monoisotopic (exact) mass is 279 g/mol. The largest absolute Gasteiger partial charge is 0.400 e. The quantitative estimate of drug-likeness (QED) is 0.687. The topological polar surface area (TPSA) is 50.4 Å². The normalized spacial score (nSPS) is 10.2. The maximum Gasteiger partial charge on any atom is 0.155 e. The Morgan fingerprint density at radius 1 is 1.25 bits per heavy atom. The van der Waals surface area contributed by atoms with E-state index in [0.29, 0.717) is 0 Å². The van der Waals surface area contributed by atoms with Crippen LogP contribution in [-0.2, 0) is 0 Å².